The van der Waals surface area contributed by atoms with E-state index < -0.39 is 22.0 Å². The molecule has 0 fully saturated rings. The van der Waals surface area contributed by atoms with Crippen LogP contribution in [0.5, 0.6) is 5.75 Å². The van der Waals surface area contributed by atoms with Gasteiger partial charge in [0.1, 0.15) is 16.7 Å². The van der Waals surface area contributed by atoms with Crippen molar-refractivity contribution >= 4 is 27.6 Å². The van der Waals surface area contributed by atoms with E-state index in [1.54, 1.807) is 0 Å². The molecule has 6 nitrogen and oxygen atoms in total. The Kier molecular flexibility index (Phi) is 6.00. The fraction of sp³-hybridized carbons (Fsp3) is 0.462. The minimum atomic E-state index is -4.06. The number of hydrogen-bond acceptors (Lipinski definition) is 4. The van der Waals surface area contributed by atoms with Crippen LogP contribution in [0.15, 0.2) is 23.1 Å². The molecule has 0 saturated carbocycles. The predicted octanol–water partition coefficient (Wildman–Crippen LogP) is 2.13. The zero-order chi connectivity index (χ0) is 16.2. The molecular formula is C13H18ClNO5S. The highest BCUT2D eigenvalue weighted by molar-refractivity contribution is 7.89. The number of carboxylic acid groups (broad SMARTS) is 1. The molecule has 0 spiro atoms. The molecule has 0 radical (unpaired) electrons. The number of halogens is 1. The normalized spacial score (nSPS) is 13.2. The molecule has 0 saturated heterocycles. The molecule has 0 bridgehead atoms. The Hall–Kier alpha value is -1.31. The first-order chi connectivity index (χ1) is 9.67. The molecule has 1 atom stereocenters. The zero-order valence-electron chi connectivity index (χ0n) is 12.0. The van der Waals surface area contributed by atoms with Crippen molar-refractivity contribution in [2.75, 3.05) is 7.11 Å². The highest BCUT2D eigenvalue weighted by Gasteiger charge is 2.28. The van der Waals surface area contributed by atoms with Crippen LogP contribution in [-0.4, -0.2) is 32.6 Å². The van der Waals surface area contributed by atoms with Crippen molar-refractivity contribution in [3.05, 3.63) is 23.2 Å². The number of carboxylic acids is 1. The Morgan fingerprint density at radius 2 is 2.05 bits per heavy atom. The topological polar surface area (TPSA) is 92.7 Å². The van der Waals surface area contributed by atoms with Crippen molar-refractivity contribution < 1.29 is 23.1 Å². The van der Waals surface area contributed by atoms with Gasteiger partial charge >= 0.3 is 5.97 Å². The molecule has 1 rings (SSSR count). The third kappa shape index (κ3) is 4.87. The molecule has 0 aliphatic rings. The van der Waals surface area contributed by atoms with Gasteiger partial charge in [0.25, 0.3) is 0 Å². The summed E-state index contributed by atoms with van der Waals surface area (Å²) in [5.74, 6) is -1.11. The maximum Gasteiger partial charge on any atom is 0.321 e. The van der Waals surface area contributed by atoms with Gasteiger partial charge in [0.15, 0.2) is 0 Å². The molecule has 1 unspecified atom stereocenters. The Labute approximate surface area is 129 Å². The van der Waals surface area contributed by atoms with E-state index in [2.05, 4.69) is 4.72 Å². The molecule has 0 heterocycles. The van der Waals surface area contributed by atoms with Gasteiger partial charge in [-0.2, -0.15) is 4.72 Å². The van der Waals surface area contributed by atoms with Crippen LogP contribution in [0.3, 0.4) is 0 Å². The van der Waals surface area contributed by atoms with Crippen molar-refractivity contribution in [2.24, 2.45) is 5.92 Å². The van der Waals surface area contributed by atoms with Gasteiger partial charge in [-0.1, -0.05) is 25.4 Å². The standard InChI is InChI=1S/C13H18ClNO5S/c1-8(2)6-10(13(16)17)15-21(18,19)12-7-9(14)4-5-11(12)20-3/h4-5,7-8,10,15H,6H2,1-3H3,(H,16,17). The summed E-state index contributed by atoms with van der Waals surface area (Å²) in [5, 5.41) is 9.34. The van der Waals surface area contributed by atoms with Crippen molar-refractivity contribution in [1.29, 1.82) is 0 Å². The largest absolute Gasteiger partial charge is 0.495 e. The van der Waals surface area contributed by atoms with Crippen molar-refractivity contribution in [3.63, 3.8) is 0 Å². The average Bonchev–Trinajstić information content (AvgIpc) is 2.37. The first kappa shape index (κ1) is 17.7. The Morgan fingerprint density at radius 3 is 2.52 bits per heavy atom. The molecule has 2 N–H and O–H groups in total. The zero-order valence-corrected chi connectivity index (χ0v) is 13.5. The van der Waals surface area contributed by atoms with E-state index in [0.29, 0.717) is 0 Å². The number of sulfonamides is 1. The summed E-state index contributed by atoms with van der Waals surface area (Å²) in [6, 6.07) is 2.91. The Balaban J connectivity index is 3.16. The van der Waals surface area contributed by atoms with Gasteiger partial charge in [0.2, 0.25) is 10.0 Å². The summed E-state index contributed by atoms with van der Waals surface area (Å²) in [6.07, 6.45) is 0.178. The van der Waals surface area contributed by atoms with Crippen LogP contribution in [0, 0.1) is 5.92 Å². The third-order valence-electron chi connectivity index (χ3n) is 2.72. The highest BCUT2D eigenvalue weighted by Crippen LogP contribution is 2.27. The average molecular weight is 336 g/mol. The second kappa shape index (κ2) is 7.11. The first-order valence-corrected chi connectivity index (χ1v) is 8.12. The molecule has 118 valence electrons. The fourth-order valence-electron chi connectivity index (χ4n) is 1.78. The number of hydrogen-bond donors (Lipinski definition) is 2. The summed E-state index contributed by atoms with van der Waals surface area (Å²) < 4.78 is 31.9. The summed E-state index contributed by atoms with van der Waals surface area (Å²) in [4.78, 5) is 11.0. The van der Waals surface area contributed by atoms with Gasteiger partial charge in [0, 0.05) is 5.02 Å². The lowest BCUT2D eigenvalue weighted by molar-refractivity contribution is -0.139. The van der Waals surface area contributed by atoms with E-state index in [1.807, 2.05) is 13.8 Å². The van der Waals surface area contributed by atoms with E-state index in [1.165, 1.54) is 25.3 Å². The monoisotopic (exact) mass is 335 g/mol. The molecule has 21 heavy (non-hydrogen) atoms. The molecule has 0 aliphatic carbocycles. The number of benzene rings is 1. The molecule has 8 heteroatoms. The van der Waals surface area contributed by atoms with E-state index in [-0.39, 0.29) is 28.0 Å². The summed E-state index contributed by atoms with van der Waals surface area (Å²) in [6.45, 7) is 3.62. The second-order valence-corrected chi connectivity index (χ2v) is 7.06. The molecule has 1 aromatic rings. The van der Waals surface area contributed by atoms with Crippen LogP contribution in [0.2, 0.25) is 5.02 Å². The van der Waals surface area contributed by atoms with Crippen LogP contribution in [0.1, 0.15) is 20.3 Å². The van der Waals surface area contributed by atoms with E-state index in [4.69, 9.17) is 21.4 Å². The number of carbonyl (C=O) groups is 1. The lowest BCUT2D eigenvalue weighted by atomic mass is 10.1. The Bertz CT molecular complexity index is 615. The van der Waals surface area contributed by atoms with E-state index >= 15 is 0 Å². The molecule has 0 aliphatic heterocycles. The number of methoxy groups -OCH3 is 1. The smallest absolute Gasteiger partial charge is 0.321 e. The third-order valence-corrected chi connectivity index (χ3v) is 4.45. The molecular weight excluding hydrogens is 318 g/mol. The van der Waals surface area contributed by atoms with Gasteiger partial charge < -0.3 is 9.84 Å². The quantitative estimate of drug-likeness (QED) is 0.796. The minimum Gasteiger partial charge on any atom is -0.495 e. The maximum atomic E-state index is 12.3. The van der Waals surface area contributed by atoms with Crippen molar-refractivity contribution in [2.45, 2.75) is 31.2 Å². The maximum absolute atomic E-state index is 12.3. The van der Waals surface area contributed by atoms with E-state index in [9.17, 15) is 13.2 Å². The summed E-state index contributed by atoms with van der Waals surface area (Å²) in [7, 11) is -2.73. The Morgan fingerprint density at radius 1 is 1.43 bits per heavy atom. The number of aliphatic carboxylic acids is 1. The van der Waals surface area contributed by atoms with Crippen LogP contribution < -0.4 is 9.46 Å². The van der Waals surface area contributed by atoms with Gasteiger partial charge in [-0.15, -0.1) is 0 Å². The predicted molar refractivity (Wildman–Crippen MR) is 79.2 cm³/mol. The van der Waals surface area contributed by atoms with Crippen molar-refractivity contribution in [3.8, 4) is 5.75 Å². The van der Waals surface area contributed by atoms with Gasteiger partial charge in [0.05, 0.1) is 7.11 Å². The second-order valence-electron chi connectivity index (χ2n) is 4.94. The molecule has 0 aromatic heterocycles. The minimum absolute atomic E-state index is 0.0232. The highest BCUT2D eigenvalue weighted by atomic mass is 35.5. The van der Waals surface area contributed by atoms with Crippen LogP contribution in [-0.2, 0) is 14.8 Å². The summed E-state index contributed by atoms with van der Waals surface area (Å²) >= 11 is 5.80. The molecule has 0 amide bonds. The number of rotatable bonds is 7. The SMILES string of the molecule is COc1ccc(Cl)cc1S(=O)(=O)NC(CC(C)C)C(=O)O. The van der Waals surface area contributed by atoms with Gasteiger partial charge in [-0.3, -0.25) is 4.79 Å². The summed E-state index contributed by atoms with van der Waals surface area (Å²) in [5.41, 5.74) is 0. The van der Waals surface area contributed by atoms with Crippen LogP contribution >= 0.6 is 11.6 Å². The number of ether oxygens (including phenoxy) is 1. The van der Waals surface area contributed by atoms with Gasteiger partial charge in [-0.05, 0) is 30.5 Å². The first-order valence-electron chi connectivity index (χ1n) is 6.26. The number of nitrogens with one attached hydrogen (secondary N) is 1. The lowest BCUT2D eigenvalue weighted by Crippen LogP contribution is -2.41. The van der Waals surface area contributed by atoms with Crippen LogP contribution in [0.25, 0.3) is 0 Å². The fourth-order valence-corrected chi connectivity index (χ4v) is 3.42. The van der Waals surface area contributed by atoms with E-state index in [0.717, 1.165) is 0 Å². The van der Waals surface area contributed by atoms with Crippen LogP contribution in [0.4, 0.5) is 0 Å². The molecule has 1 aromatic carbocycles. The van der Waals surface area contributed by atoms with Crippen molar-refractivity contribution in [1.82, 2.24) is 4.72 Å². The van der Waals surface area contributed by atoms with Gasteiger partial charge in [-0.25, -0.2) is 8.42 Å². The lowest BCUT2D eigenvalue weighted by Gasteiger charge is -2.17.